The number of rotatable bonds is 2. The summed E-state index contributed by atoms with van der Waals surface area (Å²) in [5.74, 6) is 1.82. The molecule has 0 amide bonds. The van der Waals surface area contributed by atoms with Crippen LogP contribution in [0.4, 0.5) is 0 Å². The van der Waals surface area contributed by atoms with Crippen molar-refractivity contribution >= 4 is 38.4 Å². The maximum Gasteiger partial charge on any atom is 0.160 e. The van der Waals surface area contributed by atoms with Crippen LogP contribution in [0.2, 0.25) is 0 Å². The summed E-state index contributed by atoms with van der Waals surface area (Å²) in [7, 11) is 0. The molecule has 0 fully saturated rings. The highest BCUT2D eigenvalue weighted by atomic mass is 16.5. The Kier molecular flexibility index (Phi) is 4.87. The first kappa shape index (κ1) is 24.9. The van der Waals surface area contributed by atoms with Crippen LogP contribution >= 0.6 is 0 Å². The Bertz CT molecular complexity index is 2460. The second-order valence-corrected chi connectivity index (χ2v) is 12.9. The Morgan fingerprint density at radius 3 is 2.47 bits per heavy atom. The van der Waals surface area contributed by atoms with Crippen LogP contribution in [0.5, 0.6) is 5.75 Å². The van der Waals surface area contributed by atoms with Crippen molar-refractivity contribution in [1.82, 2.24) is 9.97 Å². The zero-order valence-corrected chi connectivity index (χ0v) is 24.9. The number of allylic oxidation sites excluding steroid dienone is 2. The van der Waals surface area contributed by atoms with Gasteiger partial charge in [-0.25, -0.2) is 9.97 Å². The minimum Gasteiger partial charge on any atom is -0.485 e. The molecule has 10 rings (SSSR count). The fourth-order valence-corrected chi connectivity index (χ4v) is 7.74. The van der Waals surface area contributed by atoms with Crippen LogP contribution in [-0.2, 0) is 5.41 Å². The van der Waals surface area contributed by atoms with Gasteiger partial charge in [-0.15, -0.1) is 0 Å². The third kappa shape index (κ3) is 3.48. The number of fused-ring (bicyclic) bond motifs is 10. The number of aromatic nitrogens is 2. The minimum atomic E-state index is -0.0748. The molecule has 4 nitrogen and oxygen atoms in total. The molecule has 0 bridgehead atoms. The van der Waals surface area contributed by atoms with Gasteiger partial charge < -0.3 is 9.15 Å². The topological polar surface area (TPSA) is 48.2 Å². The van der Waals surface area contributed by atoms with E-state index in [1.54, 1.807) is 0 Å². The Morgan fingerprint density at radius 2 is 1.51 bits per heavy atom. The van der Waals surface area contributed by atoms with E-state index in [0.29, 0.717) is 5.82 Å². The number of benzene rings is 5. The molecule has 214 valence electrons. The molecule has 3 heterocycles. The van der Waals surface area contributed by atoms with Crippen molar-refractivity contribution in [3.05, 3.63) is 144 Å². The maximum atomic E-state index is 6.45. The van der Waals surface area contributed by atoms with Gasteiger partial charge in [0.25, 0.3) is 0 Å². The van der Waals surface area contributed by atoms with Crippen molar-refractivity contribution < 1.29 is 9.15 Å². The van der Waals surface area contributed by atoms with Crippen molar-refractivity contribution in [1.29, 1.82) is 0 Å². The van der Waals surface area contributed by atoms with E-state index >= 15 is 0 Å². The molecule has 0 saturated heterocycles. The van der Waals surface area contributed by atoms with Crippen LogP contribution in [0, 0.1) is 0 Å². The molecule has 2 atom stereocenters. The van der Waals surface area contributed by atoms with E-state index in [1.165, 1.54) is 27.8 Å². The number of nitrogens with zero attached hydrogens (tertiary/aromatic N) is 2. The molecule has 4 heteroatoms. The van der Waals surface area contributed by atoms with Gasteiger partial charge in [0.1, 0.15) is 23.0 Å². The van der Waals surface area contributed by atoms with Crippen molar-refractivity contribution in [3.63, 3.8) is 0 Å². The quantitative estimate of drug-likeness (QED) is 0.204. The Labute approximate surface area is 260 Å². The van der Waals surface area contributed by atoms with Gasteiger partial charge in [0.15, 0.2) is 5.82 Å². The van der Waals surface area contributed by atoms with E-state index in [9.17, 15) is 0 Å². The summed E-state index contributed by atoms with van der Waals surface area (Å²) in [5.41, 5.74) is 12.1. The lowest BCUT2D eigenvalue weighted by Gasteiger charge is -2.21. The molecule has 0 saturated carbocycles. The highest BCUT2D eigenvalue weighted by Gasteiger charge is 2.36. The Morgan fingerprint density at radius 1 is 0.689 bits per heavy atom. The molecule has 2 aromatic heterocycles. The first-order chi connectivity index (χ1) is 22.0. The Hall–Kier alpha value is -5.48. The second-order valence-electron chi connectivity index (χ2n) is 12.9. The average Bonchev–Trinajstić information content (AvgIpc) is 3.70. The first-order valence-corrected chi connectivity index (χ1v) is 15.6. The fraction of sp³-hybridized carbons (Fsp3) is 0.122. The number of para-hydroxylation sites is 2. The summed E-state index contributed by atoms with van der Waals surface area (Å²) < 4.78 is 12.7. The zero-order chi connectivity index (χ0) is 29.9. The Balaban J connectivity index is 1.14. The van der Waals surface area contributed by atoms with Crippen LogP contribution in [0.15, 0.2) is 126 Å². The molecule has 2 unspecified atom stereocenters. The van der Waals surface area contributed by atoms with Gasteiger partial charge in [-0.2, -0.15) is 0 Å². The highest BCUT2D eigenvalue weighted by Crippen LogP contribution is 2.51. The van der Waals surface area contributed by atoms with Gasteiger partial charge in [-0.3, -0.25) is 0 Å². The van der Waals surface area contributed by atoms with E-state index in [0.717, 1.165) is 55.4 Å². The lowest BCUT2D eigenvalue weighted by Crippen LogP contribution is -2.17. The van der Waals surface area contributed by atoms with Crippen LogP contribution < -0.4 is 4.74 Å². The van der Waals surface area contributed by atoms with Gasteiger partial charge in [0, 0.05) is 38.6 Å². The molecule has 0 N–H and O–H groups in total. The lowest BCUT2D eigenvalue weighted by molar-refractivity contribution is 0.269. The van der Waals surface area contributed by atoms with Gasteiger partial charge in [0.05, 0.1) is 11.2 Å². The van der Waals surface area contributed by atoms with E-state index < -0.39 is 0 Å². The van der Waals surface area contributed by atoms with Crippen LogP contribution in [0.3, 0.4) is 0 Å². The van der Waals surface area contributed by atoms with E-state index in [4.69, 9.17) is 19.1 Å². The van der Waals surface area contributed by atoms with E-state index in [1.807, 2.05) is 12.1 Å². The van der Waals surface area contributed by atoms with E-state index in [2.05, 4.69) is 123 Å². The smallest absolute Gasteiger partial charge is 0.160 e. The first-order valence-electron chi connectivity index (χ1n) is 15.6. The van der Waals surface area contributed by atoms with Gasteiger partial charge >= 0.3 is 0 Å². The number of furan rings is 1. The molecular formula is C41H28N2O2. The van der Waals surface area contributed by atoms with Crippen LogP contribution in [0.25, 0.3) is 60.9 Å². The second kappa shape index (κ2) is 8.80. The third-order valence-corrected chi connectivity index (χ3v) is 10.0. The summed E-state index contributed by atoms with van der Waals surface area (Å²) in [6, 6.07) is 36.2. The van der Waals surface area contributed by atoms with Crippen molar-refractivity contribution in [3.8, 4) is 28.3 Å². The minimum absolute atomic E-state index is 0.00879. The van der Waals surface area contributed by atoms with Crippen molar-refractivity contribution in [2.45, 2.75) is 31.3 Å². The average molecular weight is 581 g/mol. The zero-order valence-electron chi connectivity index (χ0n) is 24.9. The normalized spacial score (nSPS) is 18.8. The monoisotopic (exact) mass is 580 g/mol. The maximum absolute atomic E-state index is 6.45. The summed E-state index contributed by atoms with van der Waals surface area (Å²) in [6.07, 6.45) is 6.63. The van der Waals surface area contributed by atoms with Crippen molar-refractivity contribution in [2.75, 3.05) is 0 Å². The summed E-state index contributed by atoms with van der Waals surface area (Å²) in [5, 5.41) is 3.22. The van der Waals surface area contributed by atoms with Crippen LogP contribution in [-0.4, -0.2) is 16.1 Å². The highest BCUT2D eigenvalue weighted by molar-refractivity contribution is 6.09. The predicted molar refractivity (Wildman–Crippen MR) is 181 cm³/mol. The van der Waals surface area contributed by atoms with Crippen molar-refractivity contribution in [2.24, 2.45) is 0 Å². The summed E-state index contributed by atoms with van der Waals surface area (Å²) in [6.45, 7) is 4.60. The number of ether oxygens (including phenoxy) is 1. The molecule has 5 aromatic carbocycles. The largest absolute Gasteiger partial charge is 0.485 e. The molecule has 2 aliphatic carbocycles. The van der Waals surface area contributed by atoms with Crippen LogP contribution in [0.1, 0.15) is 42.1 Å². The lowest BCUT2D eigenvalue weighted by atomic mass is 9.82. The third-order valence-electron chi connectivity index (χ3n) is 10.0. The van der Waals surface area contributed by atoms with Gasteiger partial charge in [0.2, 0.25) is 0 Å². The van der Waals surface area contributed by atoms with Gasteiger partial charge in [-0.05, 0) is 76.4 Å². The molecule has 1 aliphatic heterocycles. The number of hydrogen-bond acceptors (Lipinski definition) is 4. The summed E-state index contributed by atoms with van der Waals surface area (Å²) in [4.78, 5) is 10.3. The standard InChI is InChI=1S/C41H28N2O2/c1-41(2)32-12-6-3-9-25(32)28-21-31-30-20-24(16-18-37(30)45-38(31)22-33(28)41)40-42-34-13-7-4-11-27(34)39(43-40)23-15-17-36-29(19-23)26-10-5-8-14-35(26)44-36/h3-22,29,36H,1-2H3. The molecular weight excluding hydrogens is 552 g/mol. The SMILES string of the molecule is CC1(C)c2ccccc2-c2cc3c(cc21)oc1ccc(-c2nc(C4=CC5c6ccccc6OC5C=C4)c4ccccc4n2)cc13. The predicted octanol–water partition coefficient (Wildman–Crippen LogP) is 10.0. The molecule has 3 aliphatic rings. The molecule has 7 aromatic rings. The fourth-order valence-electron chi connectivity index (χ4n) is 7.74. The molecule has 0 spiro atoms. The molecule has 45 heavy (non-hydrogen) atoms. The summed E-state index contributed by atoms with van der Waals surface area (Å²) >= 11 is 0. The molecule has 0 radical (unpaired) electrons. The van der Waals surface area contributed by atoms with E-state index in [-0.39, 0.29) is 17.4 Å². The van der Waals surface area contributed by atoms with Gasteiger partial charge in [-0.1, -0.05) is 86.7 Å². The number of hydrogen-bond donors (Lipinski definition) is 0.